The summed E-state index contributed by atoms with van der Waals surface area (Å²) < 4.78 is 3.61. The molecule has 0 N–H and O–H groups in total. The first kappa shape index (κ1) is 10.7. The largest absolute Gasteiger partial charge is 0.296 e. The molecule has 0 fully saturated rings. The van der Waals surface area contributed by atoms with Gasteiger partial charge >= 0.3 is 0 Å². The average Bonchev–Trinajstić information content (AvgIpc) is 2.91. The number of rotatable bonds is 2. The zero-order valence-corrected chi connectivity index (χ0v) is 10.2. The van der Waals surface area contributed by atoms with Gasteiger partial charge in [-0.2, -0.15) is 0 Å². The Labute approximate surface area is 104 Å². The number of aryl methyl sites for hydroxylation is 1. The Kier molecular flexibility index (Phi) is 2.26. The minimum Gasteiger partial charge on any atom is -0.296 e. The Hall–Kier alpha value is -2.43. The molecule has 0 aliphatic rings. The highest BCUT2D eigenvalue weighted by Crippen LogP contribution is 2.18. The van der Waals surface area contributed by atoms with E-state index in [0.717, 1.165) is 23.3 Å². The molecule has 0 unspecified atom stereocenters. The molecule has 3 aromatic rings. The molecule has 0 atom stereocenters. The van der Waals surface area contributed by atoms with Gasteiger partial charge in [-0.05, 0) is 26.0 Å². The van der Waals surface area contributed by atoms with Crippen LogP contribution in [0.1, 0.15) is 21.9 Å². The molecule has 3 heterocycles. The van der Waals surface area contributed by atoms with Crippen LogP contribution in [0, 0.1) is 13.8 Å². The average molecular weight is 240 g/mol. The van der Waals surface area contributed by atoms with E-state index >= 15 is 0 Å². The van der Waals surface area contributed by atoms with Gasteiger partial charge in [-0.25, -0.2) is 9.97 Å². The highest BCUT2D eigenvalue weighted by atomic mass is 16.1. The first-order chi connectivity index (χ1) is 8.72. The molecule has 0 saturated carbocycles. The van der Waals surface area contributed by atoms with E-state index in [0.29, 0.717) is 11.5 Å². The Morgan fingerprint density at radius 1 is 1.28 bits per heavy atom. The van der Waals surface area contributed by atoms with E-state index in [1.807, 2.05) is 42.8 Å². The molecular formula is C13H12N4O. The van der Waals surface area contributed by atoms with Crippen molar-refractivity contribution in [3.63, 3.8) is 0 Å². The van der Waals surface area contributed by atoms with E-state index in [2.05, 4.69) is 9.97 Å². The third kappa shape index (κ3) is 1.37. The summed E-state index contributed by atoms with van der Waals surface area (Å²) in [6, 6.07) is 5.64. The van der Waals surface area contributed by atoms with Crippen molar-refractivity contribution < 1.29 is 4.79 Å². The molecule has 0 radical (unpaired) electrons. The Morgan fingerprint density at radius 2 is 2.11 bits per heavy atom. The SMILES string of the molecule is Cc1ncn(-c2nc3ccccn3c2C=O)c1C. The van der Waals surface area contributed by atoms with Gasteiger partial charge in [-0.1, -0.05) is 6.07 Å². The first-order valence-electron chi connectivity index (χ1n) is 5.65. The minimum atomic E-state index is 0.533. The lowest BCUT2D eigenvalue weighted by atomic mass is 10.3. The zero-order valence-electron chi connectivity index (χ0n) is 10.2. The molecule has 0 aliphatic heterocycles. The number of nitrogens with zero attached hydrogens (tertiary/aromatic N) is 4. The van der Waals surface area contributed by atoms with Crippen LogP contribution in [0.3, 0.4) is 0 Å². The topological polar surface area (TPSA) is 52.2 Å². The number of aromatic nitrogens is 4. The van der Waals surface area contributed by atoms with Crippen molar-refractivity contribution in [1.29, 1.82) is 0 Å². The van der Waals surface area contributed by atoms with Crippen LogP contribution in [0.25, 0.3) is 11.5 Å². The van der Waals surface area contributed by atoms with Gasteiger partial charge in [0.15, 0.2) is 12.1 Å². The van der Waals surface area contributed by atoms with Crippen LogP contribution in [0.4, 0.5) is 0 Å². The van der Waals surface area contributed by atoms with Gasteiger partial charge in [-0.15, -0.1) is 0 Å². The van der Waals surface area contributed by atoms with Gasteiger partial charge in [0.1, 0.15) is 17.7 Å². The van der Waals surface area contributed by atoms with Gasteiger partial charge in [0.25, 0.3) is 0 Å². The van der Waals surface area contributed by atoms with Crippen molar-refractivity contribution in [3.05, 3.63) is 47.8 Å². The molecule has 0 bridgehead atoms. The number of carbonyl (C=O) groups is 1. The summed E-state index contributed by atoms with van der Waals surface area (Å²) in [5.74, 6) is 0.620. The van der Waals surface area contributed by atoms with E-state index in [1.54, 1.807) is 10.7 Å². The van der Waals surface area contributed by atoms with Gasteiger partial charge in [0, 0.05) is 11.9 Å². The van der Waals surface area contributed by atoms with Crippen LogP contribution in [0.15, 0.2) is 30.7 Å². The molecule has 3 rings (SSSR count). The molecular weight excluding hydrogens is 228 g/mol. The van der Waals surface area contributed by atoms with Crippen LogP contribution >= 0.6 is 0 Å². The van der Waals surface area contributed by atoms with Crippen LogP contribution in [-0.4, -0.2) is 25.2 Å². The monoisotopic (exact) mass is 240 g/mol. The van der Waals surface area contributed by atoms with E-state index in [4.69, 9.17) is 0 Å². The van der Waals surface area contributed by atoms with Gasteiger partial charge in [0.2, 0.25) is 0 Å². The molecule has 5 heteroatoms. The predicted octanol–water partition coefficient (Wildman–Crippen LogP) is 1.95. The lowest BCUT2D eigenvalue weighted by molar-refractivity contribution is 0.111. The maximum absolute atomic E-state index is 11.3. The Morgan fingerprint density at radius 3 is 2.78 bits per heavy atom. The van der Waals surface area contributed by atoms with Crippen LogP contribution in [0.5, 0.6) is 0 Å². The van der Waals surface area contributed by atoms with Crippen molar-refractivity contribution in [2.75, 3.05) is 0 Å². The van der Waals surface area contributed by atoms with Crippen LogP contribution in [-0.2, 0) is 0 Å². The predicted molar refractivity (Wildman–Crippen MR) is 67.2 cm³/mol. The van der Waals surface area contributed by atoms with Crippen molar-refractivity contribution >= 4 is 11.9 Å². The van der Waals surface area contributed by atoms with Gasteiger partial charge < -0.3 is 0 Å². The number of hydrogen-bond donors (Lipinski definition) is 0. The molecule has 3 aromatic heterocycles. The summed E-state index contributed by atoms with van der Waals surface area (Å²) in [5, 5.41) is 0. The number of aldehydes is 1. The quantitative estimate of drug-likeness (QED) is 0.643. The van der Waals surface area contributed by atoms with Crippen molar-refractivity contribution in [3.8, 4) is 5.82 Å². The third-order valence-corrected chi connectivity index (χ3v) is 3.14. The van der Waals surface area contributed by atoms with Crippen molar-refractivity contribution in [1.82, 2.24) is 18.9 Å². The van der Waals surface area contributed by atoms with Crippen molar-refractivity contribution in [2.24, 2.45) is 0 Å². The highest BCUT2D eigenvalue weighted by Gasteiger charge is 2.15. The molecule has 0 aliphatic carbocycles. The molecule has 0 saturated heterocycles. The summed E-state index contributed by atoms with van der Waals surface area (Å²) in [4.78, 5) is 20.0. The Balaban J connectivity index is 2.35. The van der Waals surface area contributed by atoms with E-state index in [1.165, 1.54) is 0 Å². The van der Waals surface area contributed by atoms with Gasteiger partial charge in [-0.3, -0.25) is 13.8 Å². The number of carbonyl (C=O) groups excluding carboxylic acids is 1. The zero-order chi connectivity index (χ0) is 12.7. The lowest BCUT2D eigenvalue weighted by Crippen LogP contribution is -2.00. The number of hydrogen-bond acceptors (Lipinski definition) is 3. The smallest absolute Gasteiger partial charge is 0.170 e. The maximum atomic E-state index is 11.3. The lowest BCUT2D eigenvalue weighted by Gasteiger charge is -2.01. The molecule has 5 nitrogen and oxygen atoms in total. The van der Waals surface area contributed by atoms with Crippen LogP contribution < -0.4 is 0 Å². The summed E-state index contributed by atoms with van der Waals surface area (Å²) >= 11 is 0. The fourth-order valence-corrected chi connectivity index (χ4v) is 2.00. The normalized spacial score (nSPS) is 11.0. The molecule has 90 valence electrons. The second kappa shape index (κ2) is 3.80. The summed E-state index contributed by atoms with van der Waals surface area (Å²) in [6.45, 7) is 3.89. The summed E-state index contributed by atoms with van der Waals surface area (Å²) in [5.41, 5.74) is 3.21. The standard InChI is InChI=1S/C13H12N4O/c1-9-10(2)17(8-14-9)13-11(7-18)16-6-4-3-5-12(16)15-13/h3-8H,1-2H3. The van der Waals surface area contributed by atoms with E-state index in [-0.39, 0.29) is 0 Å². The first-order valence-corrected chi connectivity index (χ1v) is 5.65. The molecule has 0 amide bonds. The van der Waals surface area contributed by atoms with E-state index < -0.39 is 0 Å². The fraction of sp³-hybridized carbons (Fsp3) is 0.154. The molecule has 0 spiro atoms. The number of pyridine rings is 1. The fourth-order valence-electron chi connectivity index (χ4n) is 2.00. The number of imidazole rings is 2. The third-order valence-electron chi connectivity index (χ3n) is 3.14. The second-order valence-electron chi connectivity index (χ2n) is 4.15. The Bertz CT molecular complexity index is 739. The van der Waals surface area contributed by atoms with Crippen molar-refractivity contribution in [2.45, 2.75) is 13.8 Å². The van der Waals surface area contributed by atoms with Crippen LogP contribution in [0.2, 0.25) is 0 Å². The maximum Gasteiger partial charge on any atom is 0.170 e. The summed E-state index contributed by atoms with van der Waals surface area (Å²) in [6.07, 6.45) is 4.35. The van der Waals surface area contributed by atoms with E-state index in [9.17, 15) is 4.79 Å². The highest BCUT2D eigenvalue weighted by molar-refractivity contribution is 5.80. The second-order valence-corrected chi connectivity index (χ2v) is 4.15. The minimum absolute atomic E-state index is 0.533. The molecule has 18 heavy (non-hydrogen) atoms. The molecule has 0 aromatic carbocycles. The van der Waals surface area contributed by atoms with Gasteiger partial charge in [0.05, 0.1) is 5.69 Å². The summed E-state index contributed by atoms with van der Waals surface area (Å²) in [7, 11) is 0. The number of fused-ring (bicyclic) bond motifs is 1.